The van der Waals surface area contributed by atoms with Crippen LogP contribution in [0.2, 0.25) is 0 Å². The van der Waals surface area contributed by atoms with Crippen molar-refractivity contribution in [3.8, 4) is 23.0 Å². The van der Waals surface area contributed by atoms with E-state index >= 15 is 0 Å². The third-order valence-electron chi connectivity index (χ3n) is 9.77. The van der Waals surface area contributed by atoms with Gasteiger partial charge in [-0.2, -0.15) is 0 Å². The smallest absolute Gasteiger partial charge is 0.238 e. The van der Waals surface area contributed by atoms with Crippen molar-refractivity contribution in [3.63, 3.8) is 0 Å². The van der Waals surface area contributed by atoms with E-state index in [-0.39, 0.29) is 41.3 Å². The highest BCUT2D eigenvalue weighted by molar-refractivity contribution is 6.25. The Morgan fingerprint density at radius 1 is 0.957 bits per heavy atom. The van der Waals surface area contributed by atoms with Crippen LogP contribution in [0.3, 0.4) is 0 Å². The number of phenols is 1. The van der Waals surface area contributed by atoms with Crippen molar-refractivity contribution < 1.29 is 33.4 Å². The number of aromatic nitrogens is 1. The number of methoxy groups -OCH3 is 1. The van der Waals surface area contributed by atoms with Gasteiger partial charge in [0, 0.05) is 28.2 Å². The summed E-state index contributed by atoms with van der Waals surface area (Å²) in [6, 6.07) is 19.3. The van der Waals surface area contributed by atoms with Crippen LogP contribution in [0.1, 0.15) is 31.2 Å². The summed E-state index contributed by atoms with van der Waals surface area (Å²) >= 11 is 0. The number of rotatable bonds is 4. The number of phenolic OH excluding ortho intramolecular Hbond substituents is 1. The van der Waals surface area contributed by atoms with Crippen molar-refractivity contribution in [2.24, 2.45) is 17.8 Å². The van der Waals surface area contributed by atoms with Crippen LogP contribution in [0, 0.1) is 17.8 Å². The average Bonchev–Trinajstić information content (AvgIpc) is 3.61. The first-order valence-electron chi connectivity index (χ1n) is 15.2. The minimum atomic E-state index is -0.700. The summed E-state index contributed by atoms with van der Waals surface area (Å²) in [5.74, 6) is -2.86. The molecule has 9 heteroatoms. The molecule has 8 rings (SSSR count). The number of oxazole rings is 1. The second-order valence-electron chi connectivity index (χ2n) is 12.2. The Balaban J connectivity index is 1.17. The Bertz CT molecular complexity index is 2080. The minimum Gasteiger partial charge on any atom is -0.504 e. The number of para-hydroxylation sites is 2. The highest BCUT2D eigenvalue weighted by Gasteiger charge is 2.56. The van der Waals surface area contributed by atoms with Crippen LogP contribution >= 0.6 is 0 Å². The fourth-order valence-corrected chi connectivity index (χ4v) is 7.64. The number of Topliss-reactive ketones (excluding diaryl/α,β-unsaturated/α-hetero) is 1. The monoisotopic (exact) mass is 612 g/mol. The molecule has 4 aliphatic rings. The highest BCUT2D eigenvalue weighted by Crippen LogP contribution is 2.56. The van der Waals surface area contributed by atoms with E-state index < -0.39 is 23.7 Å². The van der Waals surface area contributed by atoms with Crippen molar-refractivity contribution in [2.75, 3.05) is 12.0 Å². The number of allylic oxidation sites excluding steroid dienone is 6. The van der Waals surface area contributed by atoms with Gasteiger partial charge in [-0.05, 0) is 85.9 Å². The van der Waals surface area contributed by atoms with E-state index in [1.165, 1.54) is 24.2 Å². The van der Waals surface area contributed by atoms with Crippen LogP contribution < -0.4 is 9.64 Å². The van der Waals surface area contributed by atoms with Crippen LogP contribution in [0.25, 0.3) is 22.6 Å². The van der Waals surface area contributed by atoms with E-state index in [0.717, 1.165) is 11.1 Å². The topological polar surface area (TPSA) is 127 Å². The van der Waals surface area contributed by atoms with E-state index in [1.54, 1.807) is 43.3 Å². The van der Waals surface area contributed by atoms with Gasteiger partial charge in [0.2, 0.25) is 17.7 Å². The van der Waals surface area contributed by atoms with E-state index in [9.17, 15) is 24.3 Å². The summed E-state index contributed by atoms with van der Waals surface area (Å²) in [6.45, 7) is 1.62. The lowest BCUT2D eigenvalue weighted by molar-refractivity contribution is -0.123. The molecule has 4 aromatic rings. The molecule has 4 atom stereocenters. The maximum atomic E-state index is 14.3. The lowest BCUT2D eigenvalue weighted by Crippen LogP contribution is -2.39. The Morgan fingerprint density at radius 2 is 1.74 bits per heavy atom. The van der Waals surface area contributed by atoms with Gasteiger partial charge in [0.25, 0.3) is 0 Å². The van der Waals surface area contributed by atoms with Gasteiger partial charge in [0.05, 0.1) is 24.6 Å². The van der Waals surface area contributed by atoms with Gasteiger partial charge < -0.3 is 14.3 Å². The number of hydrogen-bond donors (Lipinski definition) is 1. The number of fused-ring (bicyclic) bond motifs is 4. The SMILES string of the molecule is COc1cc([C@H]2C3=CC[C@@H]4C(=O)N(c5ccc(-c6nc7ccccc7o6)cc5)C(=O)[C@@H]4[C@@H]3CC3=C2C(=O)C=C(C)C3=O)ccc1O. The maximum absolute atomic E-state index is 14.3. The normalized spacial score (nSPS) is 24.1. The number of aromatic hydroxyl groups is 1. The molecule has 1 saturated heterocycles. The third-order valence-corrected chi connectivity index (χ3v) is 9.77. The molecule has 46 heavy (non-hydrogen) atoms. The Morgan fingerprint density at radius 3 is 2.50 bits per heavy atom. The van der Waals surface area contributed by atoms with Gasteiger partial charge in [-0.1, -0.05) is 29.8 Å². The molecule has 3 aromatic carbocycles. The second kappa shape index (κ2) is 10.2. The number of imide groups is 1. The van der Waals surface area contributed by atoms with Crippen LogP contribution in [0.15, 0.2) is 106 Å². The van der Waals surface area contributed by atoms with E-state index in [2.05, 4.69) is 4.98 Å². The first-order valence-corrected chi connectivity index (χ1v) is 15.2. The van der Waals surface area contributed by atoms with Crippen molar-refractivity contribution in [1.82, 2.24) is 4.98 Å². The van der Waals surface area contributed by atoms with Crippen LogP contribution in [0.5, 0.6) is 11.5 Å². The van der Waals surface area contributed by atoms with Crippen molar-refractivity contribution in [1.29, 1.82) is 0 Å². The van der Waals surface area contributed by atoms with Gasteiger partial charge in [-0.25, -0.2) is 4.98 Å². The summed E-state index contributed by atoms with van der Waals surface area (Å²) in [4.78, 5) is 60.9. The summed E-state index contributed by atoms with van der Waals surface area (Å²) < 4.78 is 11.3. The predicted molar refractivity (Wildman–Crippen MR) is 168 cm³/mol. The lowest BCUT2D eigenvalue weighted by Gasteiger charge is -2.42. The molecule has 1 aliphatic heterocycles. The highest BCUT2D eigenvalue weighted by atomic mass is 16.5. The molecule has 1 N–H and O–H groups in total. The number of carbonyl (C=O) groups is 4. The van der Waals surface area contributed by atoms with E-state index in [1.807, 2.05) is 30.3 Å². The van der Waals surface area contributed by atoms with Crippen molar-refractivity contribution in [3.05, 3.63) is 107 Å². The zero-order chi connectivity index (χ0) is 31.9. The molecule has 9 nitrogen and oxygen atoms in total. The minimum absolute atomic E-state index is 0.0541. The van der Waals surface area contributed by atoms with Gasteiger partial charge in [-0.3, -0.25) is 24.1 Å². The summed E-state index contributed by atoms with van der Waals surface area (Å²) in [6.07, 6.45) is 3.85. The molecule has 1 aromatic heterocycles. The predicted octanol–water partition coefficient (Wildman–Crippen LogP) is 5.84. The fourth-order valence-electron chi connectivity index (χ4n) is 7.64. The second-order valence-corrected chi connectivity index (χ2v) is 12.2. The van der Waals surface area contributed by atoms with E-state index in [0.29, 0.717) is 51.4 Å². The van der Waals surface area contributed by atoms with Crippen LogP contribution in [-0.2, 0) is 19.2 Å². The summed E-state index contributed by atoms with van der Waals surface area (Å²) in [7, 11) is 1.44. The molecular formula is C37H28N2O7. The van der Waals surface area contributed by atoms with Gasteiger partial charge >= 0.3 is 0 Å². The third kappa shape index (κ3) is 4.04. The van der Waals surface area contributed by atoms with Gasteiger partial charge in [-0.15, -0.1) is 0 Å². The quantitative estimate of drug-likeness (QED) is 0.173. The first kappa shape index (κ1) is 27.9. The van der Waals surface area contributed by atoms with Crippen LogP contribution in [-0.4, -0.2) is 40.6 Å². The largest absolute Gasteiger partial charge is 0.504 e. The molecular weight excluding hydrogens is 584 g/mol. The maximum Gasteiger partial charge on any atom is 0.238 e. The molecule has 0 saturated carbocycles. The number of nitrogens with zero attached hydrogens (tertiary/aromatic N) is 2. The number of ether oxygens (including phenoxy) is 1. The summed E-state index contributed by atoms with van der Waals surface area (Å²) in [5, 5.41) is 10.3. The van der Waals surface area contributed by atoms with Crippen molar-refractivity contribution in [2.45, 2.75) is 25.7 Å². The molecule has 0 spiro atoms. The molecule has 3 aliphatic carbocycles. The fraction of sp³-hybridized carbons (Fsp3) is 0.216. The molecule has 0 radical (unpaired) electrons. The number of hydrogen-bond acceptors (Lipinski definition) is 8. The number of benzene rings is 3. The van der Waals surface area contributed by atoms with Crippen molar-refractivity contribution >= 4 is 40.2 Å². The number of amides is 2. The Labute approximate surface area is 263 Å². The number of anilines is 1. The zero-order valence-corrected chi connectivity index (χ0v) is 25.0. The molecule has 0 unspecified atom stereocenters. The van der Waals surface area contributed by atoms with Crippen LogP contribution in [0.4, 0.5) is 5.69 Å². The van der Waals surface area contributed by atoms with E-state index in [4.69, 9.17) is 9.15 Å². The average molecular weight is 613 g/mol. The lowest BCUT2D eigenvalue weighted by atomic mass is 9.59. The first-order chi connectivity index (χ1) is 22.2. The molecule has 1 fully saturated rings. The number of ketones is 2. The summed E-state index contributed by atoms with van der Waals surface area (Å²) in [5.41, 5.74) is 5.16. The Hall–Kier alpha value is -5.57. The molecule has 228 valence electrons. The molecule has 0 bridgehead atoms. The Kier molecular flexibility index (Phi) is 6.22. The van der Waals surface area contributed by atoms with Gasteiger partial charge in [0.15, 0.2) is 28.6 Å². The standard InChI is InChI=1S/C37H28N2O7/c1-18-15-28(41)33-25(34(18)42)17-24-22(31(33)20-9-14-27(40)30(16-20)45-2)12-13-23-32(24)37(44)39(36(23)43)21-10-7-19(8-11-21)35-38-26-5-3-4-6-29(26)46-35/h3-12,14-16,23-24,31-32,40H,13,17H2,1-2H3/t23-,24+,31-,32-/m0/s1. The zero-order valence-electron chi connectivity index (χ0n) is 25.0. The van der Waals surface area contributed by atoms with Gasteiger partial charge in [0.1, 0.15) is 5.52 Å². The number of carbonyl (C=O) groups excluding carboxylic acids is 4. The molecule has 2 heterocycles. The molecule has 2 amide bonds.